The summed E-state index contributed by atoms with van der Waals surface area (Å²) in [6.45, 7) is 4.19. The van der Waals surface area contributed by atoms with Gasteiger partial charge in [-0.15, -0.1) is 4.36 Å². The smallest absolute Gasteiger partial charge is 0.331 e. The van der Waals surface area contributed by atoms with E-state index in [2.05, 4.69) is 23.2 Å². The molecule has 1 aromatic heterocycles. The number of benzene rings is 1. The van der Waals surface area contributed by atoms with E-state index in [1.807, 2.05) is 24.3 Å². The first-order valence-electron chi connectivity index (χ1n) is 7.25. The summed E-state index contributed by atoms with van der Waals surface area (Å²) in [6, 6.07) is 7.77. The minimum absolute atomic E-state index is 0.253. The number of hydrogen-bond acceptors (Lipinski definition) is 4. The monoisotopic (exact) mass is 294 g/mol. The summed E-state index contributed by atoms with van der Waals surface area (Å²) in [4.78, 5) is 4.30. The highest BCUT2D eigenvalue weighted by Crippen LogP contribution is 2.22. The maximum atomic E-state index is 12.9. The van der Waals surface area contributed by atoms with Crippen molar-refractivity contribution in [2.75, 3.05) is 11.5 Å². The molecular weight excluding hydrogens is 272 g/mol. The molecule has 0 aliphatic heterocycles. The van der Waals surface area contributed by atoms with Gasteiger partial charge in [0.1, 0.15) is 5.52 Å². The van der Waals surface area contributed by atoms with Gasteiger partial charge in [0.25, 0.3) is 0 Å². The number of oxazole rings is 1. The standard InChI is InChI=1S/C15H22N2O2S/c1-3-5-11-20(18,12-6-4-2)17-15-16-13-9-7-8-10-14(13)19-15/h7-10H,3-6,11-12H2,1-2H3. The van der Waals surface area contributed by atoms with Crippen molar-refractivity contribution in [3.8, 4) is 0 Å². The minimum Gasteiger partial charge on any atom is -0.422 e. The van der Waals surface area contributed by atoms with Crippen LogP contribution < -0.4 is 0 Å². The number of para-hydroxylation sites is 2. The predicted octanol–water partition coefficient (Wildman–Crippen LogP) is 4.53. The Bertz CT molecular complexity index is 622. The molecule has 0 N–H and O–H groups in total. The predicted molar refractivity (Wildman–Crippen MR) is 83.8 cm³/mol. The van der Waals surface area contributed by atoms with Crippen molar-refractivity contribution in [2.24, 2.45) is 4.36 Å². The van der Waals surface area contributed by atoms with Crippen LogP contribution in [0.2, 0.25) is 0 Å². The van der Waals surface area contributed by atoms with Gasteiger partial charge in [-0.1, -0.05) is 38.8 Å². The molecule has 0 bridgehead atoms. The topological polar surface area (TPSA) is 55.5 Å². The molecule has 4 nitrogen and oxygen atoms in total. The van der Waals surface area contributed by atoms with Crippen LogP contribution in [0, 0.1) is 0 Å². The summed E-state index contributed by atoms with van der Waals surface area (Å²) in [5.74, 6) is 1.25. The summed E-state index contributed by atoms with van der Waals surface area (Å²) < 4.78 is 22.8. The van der Waals surface area contributed by atoms with Gasteiger partial charge in [0.15, 0.2) is 5.58 Å². The van der Waals surface area contributed by atoms with Crippen LogP contribution in [0.5, 0.6) is 0 Å². The molecule has 5 heteroatoms. The van der Waals surface area contributed by atoms with Crippen molar-refractivity contribution < 1.29 is 8.63 Å². The van der Waals surface area contributed by atoms with E-state index in [-0.39, 0.29) is 6.01 Å². The zero-order valence-corrected chi connectivity index (χ0v) is 13.0. The van der Waals surface area contributed by atoms with E-state index < -0.39 is 9.73 Å². The number of nitrogens with zero attached hydrogens (tertiary/aromatic N) is 2. The van der Waals surface area contributed by atoms with Gasteiger partial charge < -0.3 is 4.42 Å². The van der Waals surface area contributed by atoms with E-state index in [0.717, 1.165) is 31.2 Å². The van der Waals surface area contributed by atoms with E-state index in [1.165, 1.54) is 0 Å². The molecule has 0 fully saturated rings. The Morgan fingerprint density at radius 2 is 1.80 bits per heavy atom. The molecule has 110 valence electrons. The first kappa shape index (κ1) is 15.0. The molecule has 1 aromatic carbocycles. The van der Waals surface area contributed by atoms with Gasteiger partial charge in [-0.25, -0.2) is 4.21 Å². The Kier molecular flexibility index (Phi) is 5.17. The second-order valence-electron chi connectivity index (χ2n) is 4.94. The second-order valence-corrected chi connectivity index (χ2v) is 7.49. The second kappa shape index (κ2) is 6.88. The molecule has 2 rings (SSSR count). The minimum atomic E-state index is -2.25. The third-order valence-corrected chi connectivity index (χ3v) is 5.50. The average Bonchev–Trinajstić information content (AvgIpc) is 2.85. The number of fused-ring (bicyclic) bond motifs is 1. The first-order valence-corrected chi connectivity index (χ1v) is 9.10. The van der Waals surface area contributed by atoms with Gasteiger partial charge in [-0.05, 0) is 25.0 Å². The first-order chi connectivity index (χ1) is 9.67. The Balaban J connectivity index is 2.32. The highest BCUT2D eigenvalue weighted by molar-refractivity contribution is 7.93. The zero-order valence-electron chi connectivity index (χ0n) is 12.2. The van der Waals surface area contributed by atoms with Crippen LogP contribution in [0.15, 0.2) is 33.0 Å². The summed E-state index contributed by atoms with van der Waals surface area (Å²) >= 11 is 0. The summed E-state index contributed by atoms with van der Waals surface area (Å²) in [5, 5.41) is 0. The van der Waals surface area contributed by atoms with Gasteiger partial charge >= 0.3 is 6.01 Å². The van der Waals surface area contributed by atoms with Crippen molar-refractivity contribution >= 4 is 26.8 Å². The quantitative estimate of drug-likeness (QED) is 0.754. The molecule has 0 saturated heterocycles. The number of unbranched alkanes of at least 4 members (excludes halogenated alkanes) is 2. The van der Waals surface area contributed by atoms with E-state index in [4.69, 9.17) is 4.42 Å². The van der Waals surface area contributed by atoms with Gasteiger partial charge in [0.2, 0.25) is 0 Å². The van der Waals surface area contributed by atoms with Crippen LogP contribution in [0.25, 0.3) is 11.1 Å². The Morgan fingerprint density at radius 1 is 1.15 bits per heavy atom. The highest BCUT2D eigenvalue weighted by Gasteiger charge is 2.12. The van der Waals surface area contributed by atoms with E-state index in [9.17, 15) is 4.21 Å². The van der Waals surface area contributed by atoms with Crippen LogP contribution in [0.3, 0.4) is 0 Å². The van der Waals surface area contributed by atoms with E-state index >= 15 is 0 Å². The van der Waals surface area contributed by atoms with Crippen LogP contribution in [-0.2, 0) is 9.73 Å². The van der Waals surface area contributed by atoms with Crippen molar-refractivity contribution in [1.29, 1.82) is 0 Å². The summed E-state index contributed by atoms with van der Waals surface area (Å²) in [6.07, 6.45) is 3.89. The van der Waals surface area contributed by atoms with Crippen molar-refractivity contribution in [3.63, 3.8) is 0 Å². The lowest BCUT2D eigenvalue weighted by atomic mass is 10.3. The normalized spacial score (nSPS) is 11.9. The van der Waals surface area contributed by atoms with Crippen molar-refractivity contribution in [1.82, 2.24) is 4.98 Å². The molecule has 0 spiro atoms. The van der Waals surface area contributed by atoms with Crippen LogP contribution in [0.4, 0.5) is 6.01 Å². The number of rotatable bonds is 7. The summed E-state index contributed by atoms with van der Waals surface area (Å²) in [5.41, 5.74) is 1.46. The number of hydrogen-bond donors (Lipinski definition) is 0. The van der Waals surface area contributed by atoms with Gasteiger partial charge in [-0.2, -0.15) is 4.98 Å². The lowest BCUT2D eigenvalue weighted by molar-refractivity contribution is 0.611. The Morgan fingerprint density at radius 3 is 2.40 bits per heavy atom. The maximum Gasteiger partial charge on any atom is 0.331 e. The molecule has 0 aliphatic rings. The SMILES string of the molecule is CCCCS(=O)(CCCC)=Nc1nc2ccccc2o1. The lowest BCUT2D eigenvalue weighted by Crippen LogP contribution is -2.10. The highest BCUT2D eigenvalue weighted by atomic mass is 32.2. The van der Waals surface area contributed by atoms with Crippen LogP contribution in [-0.4, -0.2) is 20.7 Å². The van der Waals surface area contributed by atoms with Crippen molar-refractivity contribution in [2.45, 2.75) is 39.5 Å². The molecule has 0 atom stereocenters. The fourth-order valence-corrected chi connectivity index (χ4v) is 4.20. The molecule has 0 unspecified atom stereocenters. The molecule has 0 radical (unpaired) electrons. The Hall–Kier alpha value is -1.36. The van der Waals surface area contributed by atoms with Gasteiger partial charge in [-0.3, -0.25) is 0 Å². The molecule has 0 aliphatic carbocycles. The Labute approximate surface area is 120 Å². The third-order valence-electron chi connectivity index (χ3n) is 3.16. The van der Waals surface area contributed by atoms with Gasteiger partial charge in [0, 0.05) is 11.5 Å². The fourth-order valence-electron chi connectivity index (χ4n) is 1.97. The molecule has 20 heavy (non-hydrogen) atoms. The third kappa shape index (κ3) is 3.82. The average molecular weight is 294 g/mol. The summed E-state index contributed by atoms with van der Waals surface area (Å²) in [7, 11) is -2.25. The van der Waals surface area contributed by atoms with E-state index in [0.29, 0.717) is 17.1 Å². The van der Waals surface area contributed by atoms with E-state index in [1.54, 1.807) is 0 Å². The molecular formula is C15H22N2O2S. The molecule has 2 aromatic rings. The molecule has 0 saturated carbocycles. The maximum absolute atomic E-state index is 12.9. The largest absolute Gasteiger partial charge is 0.422 e. The zero-order chi connectivity index (χ0) is 14.4. The fraction of sp³-hybridized carbons (Fsp3) is 0.533. The van der Waals surface area contributed by atoms with Gasteiger partial charge in [0.05, 0.1) is 9.73 Å². The lowest BCUT2D eigenvalue weighted by Gasteiger charge is -2.07. The van der Waals surface area contributed by atoms with Crippen LogP contribution in [0.1, 0.15) is 39.5 Å². The number of aromatic nitrogens is 1. The van der Waals surface area contributed by atoms with Crippen LogP contribution >= 0.6 is 0 Å². The molecule has 0 amide bonds. The molecule has 1 heterocycles. The van der Waals surface area contributed by atoms with Crippen molar-refractivity contribution in [3.05, 3.63) is 24.3 Å².